The van der Waals surface area contributed by atoms with Crippen molar-refractivity contribution in [1.82, 2.24) is 4.90 Å². The molecular formula is C21H23NO3S. The van der Waals surface area contributed by atoms with Gasteiger partial charge in [0.1, 0.15) is 6.04 Å². The quantitative estimate of drug-likeness (QED) is 0.748. The molecule has 1 atom stereocenters. The number of thioether (sulfide) groups is 1. The Balaban J connectivity index is 1.91. The summed E-state index contributed by atoms with van der Waals surface area (Å²) in [7, 11) is 1.36. The van der Waals surface area contributed by atoms with E-state index in [0.717, 1.165) is 24.0 Å². The molecule has 0 aliphatic carbocycles. The van der Waals surface area contributed by atoms with Gasteiger partial charge in [0, 0.05) is 11.3 Å². The Labute approximate surface area is 158 Å². The first-order valence-corrected chi connectivity index (χ1v) is 9.96. The second-order valence-corrected chi connectivity index (χ2v) is 7.31. The molecule has 0 aromatic heterocycles. The standard InChI is InChI=1S/C21H23NO3S/c1-3-6-15-9-11-16(12-10-15)17-7-4-5-8-18(17)20(23)22-14-26-13-19(22)21(24)25-2/h4-5,7-12,19H,3,6,13-14H2,1-2H3. The molecule has 1 amide bonds. The highest BCUT2D eigenvalue weighted by Crippen LogP contribution is 2.29. The summed E-state index contributed by atoms with van der Waals surface area (Å²) >= 11 is 1.57. The third kappa shape index (κ3) is 3.78. The third-order valence-corrected chi connectivity index (χ3v) is 5.59. The van der Waals surface area contributed by atoms with Crippen LogP contribution in [0.2, 0.25) is 0 Å². The summed E-state index contributed by atoms with van der Waals surface area (Å²) in [5, 5.41) is 0. The van der Waals surface area contributed by atoms with Gasteiger partial charge in [0.25, 0.3) is 5.91 Å². The molecule has 1 saturated heterocycles. The van der Waals surface area contributed by atoms with Crippen LogP contribution in [0.25, 0.3) is 11.1 Å². The van der Waals surface area contributed by atoms with E-state index in [4.69, 9.17) is 4.74 Å². The van der Waals surface area contributed by atoms with Crippen LogP contribution in [0, 0.1) is 0 Å². The van der Waals surface area contributed by atoms with E-state index in [0.29, 0.717) is 17.2 Å². The fourth-order valence-corrected chi connectivity index (χ4v) is 4.33. The lowest BCUT2D eigenvalue weighted by Crippen LogP contribution is -2.42. The first kappa shape index (κ1) is 18.5. The van der Waals surface area contributed by atoms with E-state index in [1.54, 1.807) is 16.7 Å². The summed E-state index contributed by atoms with van der Waals surface area (Å²) in [5.41, 5.74) is 3.81. The van der Waals surface area contributed by atoms with Crippen molar-refractivity contribution < 1.29 is 14.3 Å². The summed E-state index contributed by atoms with van der Waals surface area (Å²) in [6.07, 6.45) is 2.16. The fourth-order valence-electron chi connectivity index (χ4n) is 3.19. The van der Waals surface area contributed by atoms with E-state index < -0.39 is 6.04 Å². The summed E-state index contributed by atoms with van der Waals surface area (Å²) in [5.74, 6) is 0.595. The number of rotatable bonds is 5. The zero-order valence-corrected chi connectivity index (χ0v) is 15.9. The van der Waals surface area contributed by atoms with Gasteiger partial charge in [0.2, 0.25) is 0 Å². The number of ether oxygens (including phenoxy) is 1. The van der Waals surface area contributed by atoms with Crippen molar-refractivity contribution in [3.8, 4) is 11.1 Å². The second-order valence-electron chi connectivity index (χ2n) is 6.31. The Hall–Kier alpha value is -2.27. The van der Waals surface area contributed by atoms with Gasteiger partial charge in [-0.25, -0.2) is 4.79 Å². The highest BCUT2D eigenvalue weighted by atomic mass is 32.2. The van der Waals surface area contributed by atoms with E-state index in [1.165, 1.54) is 12.7 Å². The molecule has 2 aromatic rings. The number of hydrogen-bond acceptors (Lipinski definition) is 4. The van der Waals surface area contributed by atoms with Crippen molar-refractivity contribution in [2.75, 3.05) is 18.7 Å². The van der Waals surface area contributed by atoms with E-state index in [-0.39, 0.29) is 11.9 Å². The number of hydrogen-bond donors (Lipinski definition) is 0. The molecule has 2 aromatic carbocycles. The molecule has 0 saturated carbocycles. The van der Waals surface area contributed by atoms with Crippen LogP contribution < -0.4 is 0 Å². The van der Waals surface area contributed by atoms with Crippen LogP contribution in [0.5, 0.6) is 0 Å². The molecule has 3 rings (SSSR count). The highest BCUT2D eigenvalue weighted by molar-refractivity contribution is 7.99. The first-order valence-electron chi connectivity index (χ1n) is 8.80. The maximum absolute atomic E-state index is 13.1. The first-order chi connectivity index (χ1) is 12.7. The van der Waals surface area contributed by atoms with Gasteiger partial charge in [-0.1, -0.05) is 55.8 Å². The van der Waals surface area contributed by atoms with Crippen molar-refractivity contribution in [2.45, 2.75) is 25.8 Å². The van der Waals surface area contributed by atoms with Crippen LogP contribution in [0.4, 0.5) is 0 Å². The van der Waals surface area contributed by atoms with Gasteiger partial charge in [-0.05, 0) is 29.2 Å². The van der Waals surface area contributed by atoms with Crippen molar-refractivity contribution in [2.24, 2.45) is 0 Å². The summed E-state index contributed by atoms with van der Waals surface area (Å²) in [6, 6.07) is 15.4. The van der Waals surface area contributed by atoms with Crippen molar-refractivity contribution in [3.63, 3.8) is 0 Å². The van der Waals surface area contributed by atoms with Crippen molar-refractivity contribution in [1.29, 1.82) is 0 Å². The number of aryl methyl sites for hydroxylation is 1. The number of nitrogens with zero attached hydrogens (tertiary/aromatic N) is 1. The molecule has 0 spiro atoms. The SMILES string of the molecule is CCCc1ccc(-c2ccccc2C(=O)N2CSCC2C(=O)OC)cc1. The number of esters is 1. The molecule has 136 valence electrons. The number of methoxy groups -OCH3 is 1. The smallest absolute Gasteiger partial charge is 0.329 e. The minimum atomic E-state index is -0.516. The largest absolute Gasteiger partial charge is 0.467 e. The predicted octanol–water partition coefficient (Wildman–Crippen LogP) is 3.99. The molecule has 26 heavy (non-hydrogen) atoms. The minimum absolute atomic E-state index is 0.126. The molecule has 0 N–H and O–H groups in total. The molecule has 0 bridgehead atoms. The zero-order valence-electron chi connectivity index (χ0n) is 15.1. The molecular weight excluding hydrogens is 346 g/mol. The lowest BCUT2D eigenvalue weighted by molar-refractivity contribution is -0.144. The monoisotopic (exact) mass is 369 g/mol. The van der Waals surface area contributed by atoms with Crippen LogP contribution in [0.15, 0.2) is 48.5 Å². The van der Waals surface area contributed by atoms with E-state index >= 15 is 0 Å². The van der Waals surface area contributed by atoms with Crippen LogP contribution in [-0.2, 0) is 16.0 Å². The molecule has 4 nitrogen and oxygen atoms in total. The summed E-state index contributed by atoms with van der Waals surface area (Å²) in [4.78, 5) is 26.7. The maximum Gasteiger partial charge on any atom is 0.329 e. The Bertz CT molecular complexity index is 788. The van der Waals surface area contributed by atoms with Gasteiger partial charge < -0.3 is 9.64 Å². The molecule has 1 unspecified atom stereocenters. The van der Waals surface area contributed by atoms with E-state index in [2.05, 4.69) is 31.2 Å². The van der Waals surface area contributed by atoms with Gasteiger partial charge in [0.05, 0.1) is 13.0 Å². The van der Waals surface area contributed by atoms with E-state index in [9.17, 15) is 9.59 Å². The molecule has 0 radical (unpaired) electrons. The van der Waals surface area contributed by atoms with Gasteiger partial charge in [-0.15, -0.1) is 11.8 Å². The van der Waals surface area contributed by atoms with Crippen LogP contribution in [0.3, 0.4) is 0 Å². The summed E-state index contributed by atoms with van der Waals surface area (Å²) in [6.45, 7) is 2.16. The molecule has 1 heterocycles. The van der Waals surface area contributed by atoms with Crippen molar-refractivity contribution >= 4 is 23.6 Å². The summed E-state index contributed by atoms with van der Waals surface area (Å²) < 4.78 is 4.86. The van der Waals surface area contributed by atoms with Gasteiger partial charge in [-0.2, -0.15) is 0 Å². The van der Waals surface area contributed by atoms with Gasteiger partial charge >= 0.3 is 5.97 Å². The average molecular weight is 369 g/mol. The average Bonchev–Trinajstić information content (AvgIpc) is 3.17. The molecule has 1 fully saturated rings. The Morgan fingerprint density at radius 3 is 2.58 bits per heavy atom. The highest BCUT2D eigenvalue weighted by Gasteiger charge is 2.36. The topological polar surface area (TPSA) is 46.6 Å². The third-order valence-electron chi connectivity index (χ3n) is 4.58. The minimum Gasteiger partial charge on any atom is -0.467 e. The van der Waals surface area contributed by atoms with E-state index in [1.807, 2.05) is 24.3 Å². The molecule has 1 aliphatic heterocycles. The van der Waals surface area contributed by atoms with Gasteiger partial charge in [-0.3, -0.25) is 4.79 Å². The number of carbonyl (C=O) groups excluding carboxylic acids is 2. The van der Waals surface area contributed by atoms with Crippen LogP contribution in [-0.4, -0.2) is 41.6 Å². The Kier molecular flexibility index (Phi) is 5.99. The molecule has 1 aliphatic rings. The van der Waals surface area contributed by atoms with Crippen LogP contribution >= 0.6 is 11.8 Å². The number of benzene rings is 2. The Morgan fingerprint density at radius 2 is 1.88 bits per heavy atom. The molecule has 5 heteroatoms. The maximum atomic E-state index is 13.1. The van der Waals surface area contributed by atoms with Gasteiger partial charge in [0.15, 0.2) is 0 Å². The predicted molar refractivity (Wildman–Crippen MR) is 105 cm³/mol. The Morgan fingerprint density at radius 1 is 1.15 bits per heavy atom. The number of carbonyl (C=O) groups is 2. The van der Waals surface area contributed by atoms with Crippen molar-refractivity contribution in [3.05, 3.63) is 59.7 Å². The lowest BCUT2D eigenvalue weighted by atomic mass is 9.97. The fraction of sp³-hybridized carbons (Fsp3) is 0.333. The van der Waals surface area contributed by atoms with Crippen LogP contribution in [0.1, 0.15) is 29.3 Å². The zero-order chi connectivity index (χ0) is 18.5. The second kappa shape index (κ2) is 8.41. The lowest BCUT2D eigenvalue weighted by Gasteiger charge is -2.23. The normalized spacial score (nSPS) is 16.5. The number of amides is 1.